The van der Waals surface area contributed by atoms with Crippen molar-refractivity contribution in [3.63, 3.8) is 0 Å². The fraction of sp³-hybridized carbons (Fsp3) is 0.500. The fourth-order valence-electron chi connectivity index (χ4n) is 4.34. The number of hydrogen-bond donors (Lipinski definition) is 2. The normalized spacial score (nSPS) is 17.7. The SMILES string of the molecule is CCNC(=NCc1ccnc(N2CCCCC2)c1)N1CCN(c2ccccc2O)CC1. The van der Waals surface area contributed by atoms with E-state index in [1.807, 2.05) is 24.4 Å². The summed E-state index contributed by atoms with van der Waals surface area (Å²) in [4.78, 5) is 16.5. The zero-order valence-corrected chi connectivity index (χ0v) is 18.5. The number of aromatic nitrogens is 1. The number of piperazine rings is 1. The van der Waals surface area contributed by atoms with Gasteiger partial charge in [0.15, 0.2) is 5.96 Å². The van der Waals surface area contributed by atoms with Crippen molar-refractivity contribution < 1.29 is 5.11 Å². The minimum Gasteiger partial charge on any atom is -0.506 e. The van der Waals surface area contributed by atoms with E-state index in [1.54, 1.807) is 6.07 Å². The first-order chi connectivity index (χ1) is 15.2. The van der Waals surface area contributed by atoms with Gasteiger partial charge in [0.25, 0.3) is 0 Å². The van der Waals surface area contributed by atoms with Crippen LogP contribution in [0.4, 0.5) is 11.5 Å². The molecule has 2 aromatic rings. The molecule has 1 aromatic heterocycles. The summed E-state index contributed by atoms with van der Waals surface area (Å²) in [6.45, 7) is 9.25. The summed E-state index contributed by atoms with van der Waals surface area (Å²) in [5.74, 6) is 2.38. The average Bonchev–Trinajstić information content (AvgIpc) is 2.83. The standard InChI is InChI=1S/C24H34N6O/c1-2-25-24(30-16-14-28(15-17-30)21-8-4-5-9-22(21)31)27-19-20-10-11-26-23(18-20)29-12-6-3-7-13-29/h4-5,8-11,18,31H,2-3,6-7,12-17,19H2,1H3,(H,25,27). The molecule has 0 atom stereocenters. The number of nitrogens with zero attached hydrogens (tertiary/aromatic N) is 5. The molecule has 2 saturated heterocycles. The highest BCUT2D eigenvalue weighted by molar-refractivity contribution is 5.80. The molecule has 7 nitrogen and oxygen atoms in total. The minimum atomic E-state index is 0.346. The number of piperidine rings is 1. The van der Waals surface area contributed by atoms with Gasteiger partial charge in [-0.25, -0.2) is 9.98 Å². The number of aliphatic imine (C=N–C) groups is 1. The number of para-hydroxylation sites is 2. The molecule has 3 heterocycles. The molecule has 1 aromatic carbocycles. The number of anilines is 2. The number of aromatic hydroxyl groups is 1. The van der Waals surface area contributed by atoms with Crippen molar-refractivity contribution in [2.75, 3.05) is 55.6 Å². The van der Waals surface area contributed by atoms with Gasteiger partial charge in [0, 0.05) is 52.0 Å². The van der Waals surface area contributed by atoms with E-state index in [-0.39, 0.29) is 0 Å². The number of hydrogen-bond acceptors (Lipinski definition) is 5. The third-order valence-electron chi connectivity index (χ3n) is 6.04. The lowest BCUT2D eigenvalue weighted by Gasteiger charge is -2.37. The van der Waals surface area contributed by atoms with E-state index in [0.717, 1.165) is 63.3 Å². The Labute approximate surface area is 185 Å². The zero-order chi connectivity index (χ0) is 21.5. The lowest BCUT2D eigenvalue weighted by molar-refractivity contribution is 0.369. The number of nitrogens with one attached hydrogen (secondary N) is 1. The summed E-state index contributed by atoms with van der Waals surface area (Å²) in [5.41, 5.74) is 2.10. The molecule has 0 radical (unpaired) electrons. The third-order valence-corrected chi connectivity index (χ3v) is 6.04. The predicted molar refractivity (Wildman–Crippen MR) is 127 cm³/mol. The highest BCUT2D eigenvalue weighted by Crippen LogP contribution is 2.27. The molecule has 2 aliphatic rings. The number of rotatable bonds is 5. The number of phenols is 1. The first-order valence-electron chi connectivity index (χ1n) is 11.5. The summed E-state index contributed by atoms with van der Waals surface area (Å²) in [5, 5.41) is 13.6. The second-order valence-electron chi connectivity index (χ2n) is 8.20. The lowest BCUT2D eigenvalue weighted by atomic mass is 10.1. The molecule has 4 rings (SSSR count). The summed E-state index contributed by atoms with van der Waals surface area (Å²) in [6.07, 6.45) is 5.74. The minimum absolute atomic E-state index is 0.346. The number of phenolic OH excluding ortho intramolecular Hbond substituents is 1. The average molecular weight is 423 g/mol. The summed E-state index contributed by atoms with van der Waals surface area (Å²) >= 11 is 0. The van der Waals surface area contributed by atoms with Crippen LogP contribution in [0.5, 0.6) is 5.75 Å². The maximum Gasteiger partial charge on any atom is 0.194 e. The molecular weight excluding hydrogens is 388 g/mol. The Morgan fingerprint density at radius 3 is 2.52 bits per heavy atom. The Morgan fingerprint density at radius 2 is 1.77 bits per heavy atom. The summed E-state index contributed by atoms with van der Waals surface area (Å²) in [7, 11) is 0. The van der Waals surface area contributed by atoms with E-state index in [0.29, 0.717) is 12.3 Å². The molecule has 0 bridgehead atoms. The Hall–Kier alpha value is -2.96. The lowest BCUT2D eigenvalue weighted by Crippen LogP contribution is -2.52. The monoisotopic (exact) mass is 422 g/mol. The zero-order valence-electron chi connectivity index (χ0n) is 18.5. The van der Waals surface area contributed by atoms with E-state index in [2.05, 4.69) is 44.1 Å². The highest BCUT2D eigenvalue weighted by atomic mass is 16.3. The van der Waals surface area contributed by atoms with Crippen LogP contribution < -0.4 is 15.1 Å². The van der Waals surface area contributed by atoms with Gasteiger partial charge in [-0.2, -0.15) is 0 Å². The van der Waals surface area contributed by atoms with E-state index in [4.69, 9.17) is 4.99 Å². The molecule has 2 N–H and O–H groups in total. The fourth-order valence-corrected chi connectivity index (χ4v) is 4.34. The van der Waals surface area contributed by atoms with Crippen LogP contribution in [0.25, 0.3) is 0 Å². The largest absolute Gasteiger partial charge is 0.506 e. The van der Waals surface area contributed by atoms with Gasteiger partial charge in [0.2, 0.25) is 0 Å². The van der Waals surface area contributed by atoms with Crippen LogP contribution in [0.1, 0.15) is 31.7 Å². The van der Waals surface area contributed by atoms with Crippen molar-refractivity contribution in [2.45, 2.75) is 32.7 Å². The van der Waals surface area contributed by atoms with Crippen LogP contribution in [0.2, 0.25) is 0 Å². The van der Waals surface area contributed by atoms with Gasteiger partial charge >= 0.3 is 0 Å². The van der Waals surface area contributed by atoms with Gasteiger partial charge in [-0.1, -0.05) is 12.1 Å². The van der Waals surface area contributed by atoms with Gasteiger partial charge in [-0.3, -0.25) is 0 Å². The maximum atomic E-state index is 10.1. The van der Waals surface area contributed by atoms with Crippen molar-refractivity contribution >= 4 is 17.5 Å². The van der Waals surface area contributed by atoms with Crippen molar-refractivity contribution in [3.8, 4) is 5.75 Å². The molecule has 0 unspecified atom stereocenters. The van der Waals surface area contributed by atoms with Gasteiger partial charge in [0.1, 0.15) is 11.6 Å². The van der Waals surface area contributed by atoms with Crippen LogP contribution >= 0.6 is 0 Å². The molecule has 0 saturated carbocycles. The van der Waals surface area contributed by atoms with E-state index in [9.17, 15) is 5.11 Å². The van der Waals surface area contributed by atoms with Gasteiger partial charge in [-0.15, -0.1) is 0 Å². The predicted octanol–water partition coefficient (Wildman–Crippen LogP) is 3.07. The van der Waals surface area contributed by atoms with Crippen molar-refractivity contribution in [2.24, 2.45) is 4.99 Å². The van der Waals surface area contributed by atoms with Crippen LogP contribution in [0.3, 0.4) is 0 Å². The Balaban J connectivity index is 1.39. The van der Waals surface area contributed by atoms with Crippen molar-refractivity contribution in [1.29, 1.82) is 0 Å². The van der Waals surface area contributed by atoms with E-state index < -0.39 is 0 Å². The molecule has 31 heavy (non-hydrogen) atoms. The maximum absolute atomic E-state index is 10.1. The Morgan fingerprint density at radius 1 is 1.00 bits per heavy atom. The second kappa shape index (κ2) is 10.4. The molecule has 2 fully saturated rings. The number of guanidine groups is 1. The summed E-state index contributed by atoms with van der Waals surface area (Å²) < 4.78 is 0. The molecule has 166 valence electrons. The number of pyridine rings is 1. The van der Waals surface area contributed by atoms with Gasteiger partial charge in [-0.05, 0) is 56.0 Å². The topological polar surface area (TPSA) is 67.2 Å². The third kappa shape index (κ3) is 5.40. The quantitative estimate of drug-likeness (QED) is 0.570. The van der Waals surface area contributed by atoms with Crippen LogP contribution in [-0.2, 0) is 6.54 Å². The molecule has 2 aliphatic heterocycles. The smallest absolute Gasteiger partial charge is 0.194 e. The Bertz CT molecular complexity index is 872. The van der Waals surface area contributed by atoms with Crippen molar-refractivity contribution in [3.05, 3.63) is 48.2 Å². The highest BCUT2D eigenvalue weighted by Gasteiger charge is 2.21. The summed E-state index contributed by atoms with van der Waals surface area (Å²) in [6, 6.07) is 11.8. The molecule has 0 aliphatic carbocycles. The number of benzene rings is 1. The molecule has 0 amide bonds. The van der Waals surface area contributed by atoms with Gasteiger partial charge < -0.3 is 25.1 Å². The van der Waals surface area contributed by atoms with E-state index >= 15 is 0 Å². The van der Waals surface area contributed by atoms with Gasteiger partial charge in [0.05, 0.1) is 12.2 Å². The van der Waals surface area contributed by atoms with Crippen LogP contribution in [0.15, 0.2) is 47.6 Å². The van der Waals surface area contributed by atoms with Crippen molar-refractivity contribution in [1.82, 2.24) is 15.2 Å². The molecule has 7 heteroatoms. The van der Waals surface area contributed by atoms with Crippen LogP contribution in [-0.4, -0.2) is 66.8 Å². The second-order valence-corrected chi connectivity index (χ2v) is 8.20. The van der Waals surface area contributed by atoms with E-state index in [1.165, 1.54) is 24.8 Å². The first kappa shape index (κ1) is 21.3. The molecule has 0 spiro atoms. The van der Waals surface area contributed by atoms with Crippen LogP contribution in [0, 0.1) is 0 Å². The first-order valence-corrected chi connectivity index (χ1v) is 11.5. The Kier molecular flexibility index (Phi) is 7.12. The molecular formula is C24H34N6O.